The fraction of sp³-hybridized carbons (Fsp3) is 0. The summed E-state index contributed by atoms with van der Waals surface area (Å²) in [5.41, 5.74) is -2.24. The maximum Gasteiger partial charge on any atom is 0.240 e. The third kappa shape index (κ3) is 1.87. The van der Waals surface area contributed by atoms with Gasteiger partial charge in [-0.15, -0.1) is 0 Å². The molecule has 4 nitrogen and oxygen atoms in total. The molecule has 0 heterocycles. The van der Waals surface area contributed by atoms with E-state index < -0.39 is 33.8 Å². The first kappa shape index (κ1) is 12.1. The Morgan fingerprint density at radius 3 is 1.88 bits per heavy atom. The Morgan fingerprint density at radius 2 is 1.38 bits per heavy atom. The van der Waals surface area contributed by atoms with E-state index in [1.807, 2.05) is 0 Å². The average Bonchev–Trinajstić information content (AvgIpc) is 2.28. The average molecular weight is 249 g/mol. The molecule has 0 aromatic heterocycles. The summed E-state index contributed by atoms with van der Waals surface area (Å²) in [6.45, 7) is 0. The van der Waals surface area contributed by atoms with E-state index in [-0.39, 0.29) is 0 Å². The Balaban J connectivity index is 3.78. The molecule has 1 rings (SSSR count). The van der Waals surface area contributed by atoms with Crippen LogP contribution >= 0.6 is 11.6 Å². The number of benzene rings is 1. The molecule has 16 heavy (non-hydrogen) atoms. The lowest BCUT2D eigenvalue weighted by Gasteiger charge is -2.04. The molecule has 0 radical (unpaired) electrons. The zero-order chi connectivity index (χ0) is 12.3. The normalized spacial score (nSPS) is 9.25. The fourth-order valence-corrected chi connectivity index (χ4v) is 1.10. The quantitative estimate of drug-likeness (QED) is 0.350. The van der Waals surface area contributed by atoms with Crippen LogP contribution in [0.4, 0.5) is 24.5 Å². The van der Waals surface area contributed by atoms with Gasteiger partial charge in [-0.05, 0) is 0 Å². The maximum absolute atomic E-state index is 13.3. The fourth-order valence-electron chi connectivity index (χ4n) is 0.897. The molecule has 82 valence electrons. The highest BCUT2D eigenvalue weighted by Crippen LogP contribution is 2.38. The lowest BCUT2D eigenvalue weighted by Crippen LogP contribution is -1.92. The molecule has 1 aromatic rings. The van der Waals surface area contributed by atoms with E-state index in [4.69, 9.17) is 11.6 Å². The van der Waals surface area contributed by atoms with E-state index in [0.29, 0.717) is 0 Å². The van der Waals surface area contributed by atoms with Crippen LogP contribution in [0.5, 0.6) is 0 Å². The number of carbonyl (C=O) groups excluding carboxylic acids is 2. The van der Waals surface area contributed by atoms with Crippen LogP contribution in [0, 0.1) is 17.5 Å². The molecule has 8 heteroatoms. The van der Waals surface area contributed by atoms with E-state index in [9.17, 15) is 22.8 Å². The van der Waals surface area contributed by atoms with Crippen LogP contribution in [-0.2, 0) is 9.59 Å². The summed E-state index contributed by atoms with van der Waals surface area (Å²) in [6.07, 6.45) is 1.73. The molecule has 0 aliphatic carbocycles. The third-order valence-corrected chi connectivity index (χ3v) is 1.88. The van der Waals surface area contributed by atoms with Crippen LogP contribution in [0.15, 0.2) is 9.98 Å². The molecule has 0 atom stereocenters. The second kappa shape index (κ2) is 4.72. The molecule has 0 unspecified atom stereocenters. The van der Waals surface area contributed by atoms with Gasteiger partial charge < -0.3 is 0 Å². The van der Waals surface area contributed by atoms with Crippen molar-refractivity contribution < 1.29 is 22.8 Å². The Hall–Kier alpha value is -1.94. The summed E-state index contributed by atoms with van der Waals surface area (Å²) in [5, 5.41) is -1.04. The zero-order valence-corrected chi connectivity index (χ0v) is 7.98. The van der Waals surface area contributed by atoms with Crippen LogP contribution in [0.2, 0.25) is 5.02 Å². The third-order valence-electron chi connectivity index (χ3n) is 1.53. The molecular weight excluding hydrogens is 249 g/mol. The van der Waals surface area contributed by atoms with Gasteiger partial charge in [0, 0.05) is 0 Å². The molecule has 0 amide bonds. The van der Waals surface area contributed by atoms with Gasteiger partial charge in [-0.1, -0.05) is 11.6 Å². The van der Waals surface area contributed by atoms with Gasteiger partial charge >= 0.3 is 0 Å². The number of isocyanates is 2. The molecule has 0 bridgehead atoms. The number of nitrogens with zero attached hydrogens (tertiary/aromatic N) is 2. The minimum absolute atomic E-state index is 0.827. The van der Waals surface area contributed by atoms with Crippen LogP contribution in [0.1, 0.15) is 0 Å². The summed E-state index contributed by atoms with van der Waals surface area (Å²) in [6, 6.07) is 0. The second-order valence-electron chi connectivity index (χ2n) is 2.36. The Labute approximate surface area is 91.1 Å². The van der Waals surface area contributed by atoms with Crippen molar-refractivity contribution in [2.24, 2.45) is 9.98 Å². The van der Waals surface area contributed by atoms with E-state index >= 15 is 0 Å². The van der Waals surface area contributed by atoms with Gasteiger partial charge in [0.05, 0.1) is 0 Å². The van der Waals surface area contributed by atoms with Crippen LogP contribution in [0.25, 0.3) is 0 Å². The van der Waals surface area contributed by atoms with E-state index in [0.717, 1.165) is 12.2 Å². The van der Waals surface area contributed by atoms with Crippen molar-refractivity contribution in [2.45, 2.75) is 0 Å². The first-order valence-electron chi connectivity index (χ1n) is 3.56. The van der Waals surface area contributed by atoms with Crippen molar-refractivity contribution in [2.75, 3.05) is 0 Å². The van der Waals surface area contributed by atoms with Crippen LogP contribution in [0.3, 0.4) is 0 Å². The number of hydrogen-bond acceptors (Lipinski definition) is 4. The lowest BCUT2D eigenvalue weighted by atomic mass is 10.2. The van der Waals surface area contributed by atoms with Crippen molar-refractivity contribution in [3.8, 4) is 0 Å². The Kier molecular flexibility index (Phi) is 3.58. The molecule has 0 saturated heterocycles. The van der Waals surface area contributed by atoms with Gasteiger partial charge in [-0.25, -0.2) is 22.8 Å². The highest BCUT2D eigenvalue weighted by atomic mass is 35.5. The topological polar surface area (TPSA) is 58.9 Å². The van der Waals surface area contributed by atoms with Gasteiger partial charge in [0.15, 0.2) is 23.1 Å². The highest BCUT2D eigenvalue weighted by molar-refractivity contribution is 6.33. The Bertz CT molecular complexity index is 504. The van der Waals surface area contributed by atoms with Crippen molar-refractivity contribution in [1.82, 2.24) is 0 Å². The van der Waals surface area contributed by atoms with Gasteiger partial charge in [0.1, 0.15) is 10.7 Å². The van der Waals surface area contributed by atoms with Crippen LogP contribution in [-0.4, -0.2) is 12.2 Å². The molecule has 0 N–H and O–H groups in total. The van der Waals surface area contributed by atoms with Gasteiger partial charge in [0.25, 0.3) is 0 Å². The predicted molar refractivity (Wildman–Crippen MR) is 46.9 cm³/mol. The van der Waals surface area contributed by atoms with Gasteiger partial charge in [-0.3, -0.25) is 0 Å². The molecule has 0 spiro atoms. The molecule has 0 aliphatic heterocycles. The summed E-state index contributed by atoms with van der Waals surface area (Å²) in [4.78, 5) is 25.1. The highest BCUT2D eigenvalue weighted by Gasteiger charge is 2.24. The molecular formula is C8ClF3N2O2. The second-order valence-corrected chi connectivity index (χ2v) is 2.74. The predicted octanol–water partition coefficient (Wildman–Crippen LogP) is 2.69. The molecule has 0 fully saturated rings. The maximum atomic E-state index is 13.3. The first-order chi connectivity index (χ1) is 7.54. The lowest BCUT2D eigenvalue weighted by molar-refractivity contribution is 0.498. The monoisotopic (exact) mass is 248 g/mol. The van der Waals surface area contributed by atoms with Crippen molar-refractivity contribution in [3.05, 3.63) is 22.5 Å². The molecule has 1 aromatic carbocycles. The van der Waals surface area contributed by atoms with E-state index in [2.05, 4.69) is 9.98 Å². The minimum atomic E-state index is -1.77. The van der Waals surface area contributed by atoms with Crippen molar-refractivity contribution >= 4 is 35.1 Å². The Morgan fingerprint density at radius 1 is 0.875 bits per heavy atom. The standard InChI is InChI=1S/C8ClF3N2O2/c9-3-4(10)5(11)8(14-2-16)6(12)7(3)13-1-15. The summed E-state index contributed by atoms with van der Waals surface area (Å²) >= 11 is 5.19. The molecule has 0 saturated carbocycles. The van der Waals surface area contributed by atoms with Crippen molar-refractivity contribution in [1.29, 1.82) is 0 Å². The smallest absolute Gasteiger partial charge is 0.211 e. The number of hydrogen-bond donors (Lipinski definition) is 0. The summed E-state index contributed by atoms with van der Waals surface area (Å²) in [5.74, 6) is -4.99. The molecule has 0 aliphatic rings. The van der Waals surface area contributed by atoms with Crippen LogP contribution < -0.4 is 0 Å². The van der Waals surface area contributed by atoms with Gasteiger partial charge in [-0.2, -0.15) is 9.98 Å². The largest absolute Gasteiger partial charge is 0.240 e. The summed E-state index contributed by atoms with van der Waals surface area (Å²) < 4.78 is 39.4. The van der Waals surface area contributed by atoms with E-state index in [1.165, 1.54) is 0 Å². The van der Waals surface area contributed by atoms with Crippen molar-refractivity contribution in [3.63, 3.8) is 0 Å². The van der Waals surface area contributed by atoms with Gasteiger partial charge in [0.2, 0.25) is 12.2 Å². The minimum Gasteiger partial charge on any atom is -0.211 e. The number of aliphatic imine (C=N–C) groups is 2. The number of rotatable bonds is 2. The SMILES string of the molecule is O=C=Nc1c(F)c(F)c(Cl)c(N=C=O)c1F. The number of halogens is 4. The zero-order valence-electron chi connectivity index (χ0n) is 7.22. The summed E-state index contributed by atoms with van der Waals surface area (Å²) in [7, 11) is 0. The van der Waals surface area contributed by atoms with E-state index in [1.54, 1.807) is 0 Å². The first-order valence-corrected chi connectivity index (χ1v) is 3.94.